The minimum Gasteiger partial charge on any atom is -0.480 e. The van der Waals surface area contributed by atoms with Crippen LogP contribution in [0.5, 0.6) is 0 Å². The molecule has 0 bridgehead atoms. The number of nitrogens with one attached hydrogen (secondary N) is 1. The summed E-state index contributed by atoms with van der Waals surface area (Å²) in [6.45, 7) is 3.28. The summed E-state index contributed by atoms with van der Waals surface area (Å²) in [5, 5.41) is 11.2. The zero-order valence-electron chi connectivity index (χ0n) is 12.2. The standard InChI is InChI=1S/C11H22N4O4/c1-11(2,3)19-10(18)15-7(8(16)17)5-4-6-14-9(12)13/h7H,4-6H2,1-3H3,(H,15,18)(H,16,17)(H4,12,13,14)/t7-/m0/s1/i1D. The quantitative estimate of drug-likeness (QED) is 0.306. The van der Waals surface area contributed by atoms with Crippen LogP contribution in [-0.4, -0.2) is 41.3 Å². The molecular formula is C11H22N4O4. The molecule has 0 aliphatic heterocycles. The van der Waals surface area contributed by atoms with E-state index >= 15 is 0 Å². The van der Waals surface area contributed by atoms with E-state index < -0.39 is 23.7 Å². The van der Waals surface area contributed by atoms with Gasteiger partial charge in [-0.3, -0.25) is 4.99 Å². The Balaban J connectivity index is 4.31. The van der Waals surface area contributed by atoms with Crippen molar-refractivity contribution in [1.82, 2.24) is 5.32 Å². The molecule has 0 aliphatic carbocycles. The molecule has 0 fully saturated rings. The van der Waals surface area contributed by atoms with Crippen LogP contribution in [0.1, 0.15) is 35.0 Å². The number of carboxylic acids is 1. The Morgan fingerprint density at radius 2 is 2.16 bits per heavy atom. The van der Waals surface area contributed by atoms with Crippen molar-refractivity contribution in [1.29, 1.82) is 0 Å². The molecule has 0 heterocycles. The molecule has 0 aromatic heterocycles. The third kappa shape index (κ3) is 9.69. The average Bonchev–Trinajstić information content (AvgIpc) is 2.31. The van der Waals surface area contributed by atoms with Gasteiger partial charge in [-0.25, -0.2) is 9.59 Å². The van der Waals surface area contributed by atoms with E-state index in [9.17, 15) is 9.59 Å². The minimum atomic E-state index is -1.17. The van der Waals surface area contributed by atoms with Gasteiger partial charge in [0.25, 0.3) is 0 Å². The van der Waals surface area contributed by atoms with Crippen molar-refractivity contribution >= 4 is 18.0 Å². The second-order valence-electron chi connectivity index (χ2n) is 4.63. The minimum absolute atomic E-state index is 0.0681. The summed E-state index contributed by atoms with van der Waals surface area (Å²) in [4.78, 5) is 26.2. The molecule has 1 atom stereocenters. The highest BCUT2D eigenvalue weighted by Gasteiger charge is 2.23. The summed E-state index contributed by atoms with van der Waals surface area (Å²) in [7, 11) is 0. The second kappa shape index (κ2) is 7.45. The van der Waals surface area contributed by atoms with Crippen LogP contribution in [0.3, 0.4) is 0 Å². The lowest BCUT2D eigenvalue weighted by Gasteiger charge is -2.21. The highest BCUT2D eigenvalue weighted by Crippen LogP contribution is 2.07. The summed E-state index contributed by atoms with van der Waals surface area (Å²) < 4.78 is 12.1. The molecule has 19 heavy (non-hydrogen) atoms. The van der Waals surface area contributed by atoms with Crippen LogP contribution in [0.25, 0.3) is 0 Å². The molecule has 0 rings (SSSR count). The molecule has 110 valence electrons. The van der Waals surface area contributed by atoms with Crippen LogP contribution in [0.15, 0.2) is 4.99 Å². The monoisotopic (exact) mass is 275 g/mol. The third-order valence-electron chi connectivity index (χ3n) is 1.90. The Hall–Kier alpha value is -1.99. The number of ether oxygens (including phenoxy) is 1. The predicted molar refractivity (Wildman–Crippen MR) is 70.7 cm³/mol. The van der Waals surface area contributed by atoms with E-state index in [1.54, 1.807) is 13.8 Å². The number of rotatable bonds is 6. The SMILES string of the molecule is [2H]CC(C)(C)OC(=O)N[C@@H](CCCN=C(N)N)C(=O)O. The van der Waals surface area contributed by atoms with Crippen LogP contribution < -0.4 is 16.8 Å². The summed E-state index contributed by atoms with van der Waals surface area (Å²) in [5.41, 5.74) is 9.31. The highest BCUT2D eigenvalue weighted by atomic mass is 16.6. The number of hydrogen-bond donors (Lipinski definition) is 4. The molecule has 0 aromatic carbocycles. The van der Waals surface area contributed by atoms with E-state index in [-0.39, 0.29) is 25.8 Å². The number of carbonyl (C=O) groups is 2. The highest BCUT2D eigenvalue weighted by molar-refractivity contribution is 5.80. The Morgan fingerprint density at radius 3 is 2.63 bits per heavy atom. The zero-order valence-corrected chi connectivity index (χ0v) is 11.2. The summed E-state index contributed by atoms with van der Waals surface area (Å²) >= 11 is 0. The Labute approximate surface area is 113 Å². The van der Waals surface area contributed by atoms with Crippen molar-refractivity contribution < 1.29 is 20.8 Å². The first-order valence-electron chi connectivity index (χ1n) is 6.45. The van der Waals surface area contributed by atoms with Gasteiger partial charge in [-0.05, 0) is 33.6 Å². The van der Waals surface area contributed by atoms with Crippen LogP contribution in [0, 0.1) is 0 Å². The normalized spacial score (nSPS) is 13.1. The largest absolute Gasteiger partial charge is 0.480 e. The fraction of sp³-hybridized carbons (Fsp3) is 0.727. The number of guanidine groups is 1. The maximum absolute atomic E-state index is 11.5. The molecule has 8 nitrogen and oxygen atoms in total. The van der Waals surface area contributed by atoms with Gasteiger partial charge < -0.3 is 26.6 Å². The molecule has 0 saturated heterocycles. The molecule has 0 unspecified atom stereocenters. The van der Waals surface area contributed by atoms with Crippen molar-refractivity contribution in [2.45, 2.75) is 45.2 Å². The van der Waals surface area contributed by atoms with E-state index in [4.69, 9.17) is 22.7 Å². The molecule has 0 saturated carbocycles. The Kier molecular flexibility index (Phi) is 5.91. The fourth-order valence-corrected chi connectivity index (χ4v) is 1.18. The summed E-state index contributed by atoms with van der Waals surface area (Å²) in [6.07, 6.45) is -0.295. The number of alkyl carbamates (subject to hydrolysis) is 1. The van der Waals surface area contributed by atoms with E-state index in [1.807, 2.05) is 0 Å². The van der Waals surface area contributed by atoms with E-state index in [0.29, 0.717) is 6.42 Å². The maximum atomic E-state index is 11.5. The van der Waals surface area contributed by atoms with Gasteiger partial charge in [-0.15, -0.1) is 0 Å². The van der Waals surface area contributed by atoms with Gasteiger partial charge in [0.05, 0.1) is 0 Å². The number of nitrogens with two attached hydrogens (primary N) is 2. The number of nitrogens with zero attached hydrogens (tertiary/aromatic N) is 1. The van der Waals surface area contributed by atoms with E-state index in [1.165, 1.54) is 0 Å². The lowest BCUT2D eigenvalue weighted by Crippen LogP contribution is -2.43. The lowest BCUT2D eigenvalue weighted by atomic mass is 10.1. The first-order valence-corrected chi connectivity index (χ1v) is 5.75. The smallest absolute Gasteiger partial charge is 0.408 e. The van der Waals surface area contributed by atoms with Gasteiger partial charge in [-0.2, -0.15) is 0 Å². The molecule has 8 heteroatoms. The van der Waals surface area contributed by atoms with Crippen LogP contribution in [0.2, 0.25) is 0 Å². The topological polar surface area (TPSA) is 140 Å². The number of amides is 1. The van der Waals surface area contributed by atoms with Gasteiger partial charge in [0.2, 0.25) is 0 Å². The first-order chi connectivity index (χ1) is 9.18. The molecule has 1 amide bonds. The van der Waals surface area contributed by atoms with Crippen LogP contribution >= 0.6 is 0 Å². The van der Waals surface area contributed by atoms with Gasteiger partial charge >= 0.3 is 12.1 Å². The fourth-order valence-electron chi connectivity index (χ4n) is 1.18. The number of hydrogen-bond acceptors (Lipinski definition) is 4. The van der Waals surface area contributed by atoms with Crippen molar-refractivity contribution in [3.63, 3.8) is 0 Å². The third-order valence-corrected chi connectivity index (χ3v) is 1.90. The van der Waals surface area contributed by atoms with Crippen LogP contribution in [-0.2, 0) is 9.53 Å². The molecule has 0 aromatic rings. The molecule has 6 N–H and O–H groups in total. The van der Waals surface area contributed by atoms with Crippen molar-refractivity contribution in [2.75, 3.05) is 6.54 Å². The van der Waals surface area contributed by atoms with Gasteiger partial charge in [-0.1, -0.05) is 0 Å². The number of carbonyl (C=O) groups excluding carboxylic acids is 1. The van der Waals surface area contributed by atoms with Crippen molar-refractivity contribution in [3.05, 3.63) is 0 Å². The second-order valence-corrected chi connectivity index (χ2v) is 4.63. The van der Waals surface area contributed by atoms with E-state index in [0.717, 1.165) is 0 Å². The molecule has 0 radical (unpaired) electrons. The Bertz CT molecular complexity index is 369. The molecular weight excluding hydrogens is 252 g/mol. The van der Waals surface area contributed by atoms with Crippen molar-refractivity contribution in [2.24, 2.45) is 16.5 Å². The lowest BCUT2D eigenvalue weighted by molar-refractivity contribution is -0.139. The van der Waals surface area contributed by atoms with Gasteiger partial charge in [0, 0.05) is 7.92 Å². The van der Waals surface area contributed by atoms with Gasteiger partial charge in [0.15, 0.2) is 5.96 Å². The zero-order chi connectivity index (χ0) is 15.8. The number of aliphatic imine (C=N–C) groups is 1. The van der Waals surface area contributed by atoms with Crippen LogP contribution in [0.4, 0.5) is 4.79 Å². The Morgan fingerprint density at radius 1 is 1.53 bits per heavy atom. The molecule has 0 spiro atoms. The van der Waals surface area contributed by atoms with Crippen molar-refractivity contribution in [3.8, 4) is 0 Å². The summed E-state index contributed by atoms with van der Waals surface area (Å²) in [5.74, 6) is -1.24. The predicted octanol–water partition coefficient (Wildman–Crippen LogP) is 0.0179. The van der Waals surface area contributed by atoms with E-state index in [2.05, 4.69) is 10.3 Å². The molecule has 0 aliphatic rings. The maximum Gasteiger partial charge on any atom is 0.408 e. The number of carboxylic acid groups (broad SMARTS) is 1. The van der Waals surface area contributed by atoms with Gasteiger partial charge in [0.1, 0.15) is 11.6 Å². The number of aliphatic carboxylic acids is 1. The average molecular weight is 275 g/mol. The summed E-state index contributed by atoms with van der Waals surface area (Å²) in [6, 6.07) is -1.08. The first kappa shape index (κ1) is 15.1.